The fourth-order valence-electron chi connectivity index (χ4n) is 2.08. The van der Waals surface area contributed by atoms with Crippen molar-refractivity contribution in [1.82, 2.24) is 10.3 Å². The number of para-hydroxylation sites is 1. The zero-order chi connectivity index (χ0) is 16.2. The maximum Gasteiger partial charge on any atom is 0.189 e. The van der Waals surface area contributed by atoms with Gasteiger partial charge in [-0.1, -0.05) is 26.0 Å². The largest absolute Gasteiger partial charge is 0.457 e. The molecule has 23 heavy (non-hydrogen) atoms. The summed E-state index contributed by atoms with van der Waals surface area (Å²) in [5.41, 5.74) is 6.82. The van der Waals surface area contributed by atoms with Gasteiger partial charge in [-0.25, -0.2) is 9.98 Å². The highest BCUT2D eigenvalue weighted by Crippen LogP contribution is 2.31. The van der Waals surface area contributed by atoms with E-state index in [1.54, 1.807) is 11.3 Å². The van der Waals surface area contributed by atoms with Crippen LogP contribution in [0.15, 0.2) is 45.8 Å². The zero-order valence-corrected chi connectivity index (χ0v) is 14.1. The Bertz CT molecular complexity index is 786. The number of aromatic nitrogens is 1. The van der Waals surface area contributed by atoms with Crippen molar-refractivity contribution in [3.63, 3.8) is 0 Å². The summed E-state index contributed by atoms with van der Waals surface area (Å²) in [4.78, 5) is 8.88. The fraction of sp³-hybridized carbons (Fsp3) is 0.294. The Morgan fingerprint density at radius 1 is 1.30 bits per heavy atom. The zero-order valence-electron chi connectivity index (χ0n) is 13.2. The topological polar surface area (TPSA) is 76.4 Å². The van der Waals surface area contributed by atoms with Crippen molar-refractivity contribution in [3.8, 4) is 10.8 Å². The van der Waals surface area contributed by atoms with Gasteiger partial charge in [-0.05, 0) is 30.2 Å². The van der Waals surface area contributed by atoms with Gasteiger partial charge in [0.05, 0.1) is 10.2 Å². The molecule has 0 aliphatic heterocycles. The fourth-order valence-corrected chi connectivity index (χ4v) is 3.01. The SMILES string of the molecule is CC(C)CNC(N)=NCc1ccc(-c2nc3ccccc3s2)o1. The van der Waals surface area contributed by atoms with E-state index in [1.807, 2.05) is 30.3 Å². The van der Waals surface area contributed by atoms with E-state index in [1.165, 1.54) is 0 Å². The number of guanidine groups is 1. The molecular formula is C17H20N4OS. The first-order chi connectivity index (χ1) is 11.1. The number of aliphatic imine (C=N–C) groups is 1. The number of thiazole rings is 1. The predicted octanol–water partition coefficient (Wildman–Crippen LogP) is 3.62. The van der Waals surface area contributed by atoms with Gasteiger partial charge in [-0.15, -0.1) is 11.3 Å². The molecule has 0 aliphatic rings. The minimum atomic E-state index is 0.418. The summed E-state index contributed by atoms with van der Waals surface area (Å²) in [5.74, 6) is 2.51. The van der Waals surface area contributed by atoms with Crippen LogP contribution in [0.5, 0.6) is 0 Å². The molecule has 0 saturated carbocycles. The highest BCUT2D eigenvalue weighted by atomic mass is 32.1. The van der Waals surface area contributed by atoms with E-state index < -0.39 is 0 Å². The number of hydrogen-bond donors (Lipinski definition) is 2. The van der Waals surface area contributed by atoms with Crippen molar-refractivity contribution in [1.29, 1.82) is 0 Å². The lowest BCUT2D eigenvalue weighted by Crippen LogP contribution is -2.34. The highest BCUT2D eigenvalue weighted by Gasteiger charge is 2.10. The minimum absolute atomic E-state index is 0.418. The van der Waals surface area contributed by atoms with E-state index >= 15 is 0 Å². The Labute approximate surface area is 139 Å². The molecule has 6 heteroatoms. The second-order valence-electron chi connectivity index (χ2n) is 5.73. The third-order valence-electron chi connectivity index (χ3n) is 3.26. The van der Waals surface area contributed by atoms with Crippen LogP contribution in [-0.2, 0) is 6.54 Å². The molecule has 3 aromatic rings. The van der Waals surface area contributed by atoms with E-state index in [-0.39, 0.29) is 0 Å². The van der Waals surface area contributed by atoms with E-state index in [0.717, 1.165) is 33.3 Å². The summed E-state index contributed by atoms with van der Waals surface area (Å²) in [7, 11) is 0. The molecule has 2 heterocycles. The van der Waals surface area contributed by atoms with Crippen molar-refractivity contribution in [3.05, 3.63) is 42.2 Å². The molecule has 0 saturated heterocycles. The Morgan fingerprint density at radius 2 is 2.13 bits per heavy atom. The molecule has 0 aliphatic carbocycles. The molecule has 5 nitrogen and oxygen atoms in total. The minimum Gasteiger partial charge on any atom is -0.457 e. The quantitative estimate of drug-likeness (QED) is 0.554. The first-order valence-corrected chi connectivity index (χ1v) is 8.42. The first kappa shape index (κ1) is 15.6. The van der Waals surface area contributed by atoms with Gasteiger partial charge < -0.3 is 15.5 Å². The number of furan rings is 1. The van der Waals surface area contributed by atoms with Crippen LogP contribution in [0, 0.1) is 5.92 Å². The van der Waals surface area contributed by atoms with Crippen LogP contribution < -0.4 is 11.1 Å². The van der Waals surface area contributed by atoms with Crippen molar-refractivity contribution < 1.29 is 4.42 Å². The Morgan fingerprint density at radius 3 is 2.91 bits per heavy atom. The number of nitrogens with zero attached hydrogens (tertiary/aromatic N) is 2. The van der Waals surface area contributed by atoms with Gasteiger partial charge in [0.1, 0.15) is 12.3 Å². The van der Waals surface area contributed by atoms with Gasteiger partial charge in [-0.2, -0.15) is 0 Å². The standard InChI is InChI=1S/C17H20N4OS/c1-11(2)9-19-17(18)20-10-12-7-8-14(22-12)16-21-13-5-3-4-6-15(13)23-16/h3-8,11H,9-10H2,1-2H3,(H3,18,19,20). The smallest absolute Gasteiger partial charge is 0.189 e. The highest BCUT2D eigenvalue weighted by molar-refractivity contribution is 7.21. The average molecular weight is 328 g/mol. The van der Waals surface area contributed by atoms with E-state index in [4.69, 9.17) is 10.2 Å². The van der Waals surface area contributed by atoms with Crippen LogP contribution in [0.4, 0.5) is 0 Å². The molecule has 0 bridgehead atoms. The number of fused-ring (bicyclic) bond motifs is 1. The van der Waals surface area contributed by atoms with Gasteiger partial charge in [-0.3, -0.25) is 0 Å². The van der Waals surface area contributed by atoms with Gasteiger partial charge >= 0.3 is 0 Å². The lowest BCUT2D eigenvalue weighted by Gasteiger charge is -2.07. The van der Waals surface area contributed by atoms with Gasteiger partial charge in [0.2, 0.25) is 0 Å². The van der Waals surface area contributed by atoms with Crippen LogP contribution >= 0.6 is 11.3 Å². The van der Waals surface area contributed by atoms with Crippen molar-refractivity contribution >= 4 is 27.5 Å². The molecule has 1 aromatic carbocycles. The number of benzene rings is 1. The summed E-state index contributed by atoms with van der Waals surface area (Å²) < 4.78 is 6.99. The molecule has 3 rings (SSSR count). The summed E-state index contributed by atoms with van der Waals surface area (Å²) in [6.45, 7) is 5.47. The molecular weight excluding hydrogens is 308 g/mol. The molecule has 0 radical (unpaired) electrons. The van der Waals surface area contributed by atoms with E-state index in [2.05, 4.69) is 35.2 Å². The first-order valence-electron chi connectivity index (χ1n) is 7.60. The molecule has 0 unspecified atom stereocenters. The van der Waals surface area contributed by atoms with Crippen LogP contribution in [0.2, 0.25) is 0 Å². The van der Waals surface area contributed by atoms with Crippen molar-refractivity contribution in [2.75, 3.05) is 6.54 Å². The Hall–Kier alpha value is -2.34. The molecule has 3 N–H and O–H groups in total. The van der Waals surface area contributed by atoms with Crippen molar-refractivity contribution in [2.24, 2.45) is 16.6 Å². The van der Waals surface area contributed by atoms with Crippen LogP contribution in [0.1, 0.15) is 19.6 Å². The number of nitrogens with two attached hydrogens (primary N) is 1. The maximum atomic E-state index is 5.83. The molecule has 0 fully saturated rings. The lowest BCUT2D eigenvalue weighted by atomic mass is 10.2. The van der Waals surface area contributed by atoms with Gasteiger partial charge in [0.25, 0.3) is 0 Å². The van der Waals surface area contributed by atoms with Gasteiger partial charge in [0, 0.05) is 6.54 Å². The summed E-state index contributed by atoms with van der Waals surface area (Å²) in [5, 5.41) is 3.97. The normalized spacial score (nSPS) is 12.2. The lowest BCUT2D eigenvalue weighted by molar-refractivity contribution is 0.524. The summed E-state index contributed by atoms with van der Waals surface area (Å²) >= 11 is 1.62. The number of hydrogen-bond acceptors (Lipinski definition) is 4. The average Bonchev–Trinajstić information content (AvgIpc) is 3.16. The number of nitrogens with one attached hydrogen (secondary N) is 1. The Balaban J connectivity index is 1.69. The third-order valence-corrected chi connectivity index (χ3v) is 4.31. The van der Waals surface area contributed by atoms with E-state index in [0.29, 0.717) is 18.4 Å². The molecule has 120 valence electrons. The van der Waals surface area contributed by atoms with Gasteiger partial charge in [0.15, 0.2) is 16.7 Å². The van der Waals surface area contributed by atoms with E-state index in [9.17, 15) is 0 Å². The van der Waals surface area contributed by atoms with Crippen LogP contribution in [0.25, 0.3) is 21.0 Å². The third kappa shape index (κ3) is 3.90. The second-order valence-corrected chi connectivity index (χ2v) is 6.76. The summed E-state index contributed by atoms with van der Waals surface area (Å²) in [6.07, 6.45) is 0. The number of rotatable bonds is 5. The second kappa shape index (κ2) is 6.83. The van der Waals surface area contributed by atoms with Crippen molar-refractivity contribution in [2.45, 2.75) is 20.4 Å². The predicted molar refractivity (Wildman–Crippen MR) is 95.5 cm³/mol. The molecule has 0 amide bonds. The monoisotopic (exact) mass is 328 g/mol. The Kier molecular flexibility index (Phi) is 4.62. The maximum absolute atomic E-state index is 5.83. The van der Waals surface area contributed by atoms with Crippen LogP contribution in [0.3, 0.4) is 0 Å². The molecule has 2 aromatic heterocycles. The molecule has 0 spiro atoms. The molecule has 0 atom stereocenters. The summed E-state index contributed by atoms with van der Waals surface area (Å²) in [6, 6.07) is 11.9. The van der Waals surface area contributed by atoms with Crippen LogP contribution in [-0.4, -0.2) is 17.5 Å².